The van der Waals surface area contributed by atoms with Gasteiger partial charge < -0.3 is 9.47 Å². The van der Waals surface area contributed by atoms with Gasteiger partial charge in [0.05, 0.1) is 12.2 Å². The summed E-state index contributed by atoms with van der Waals surface area (Å²) in [6, 6.07) is 8.33. The van der Waals surface area contributed by atoms with E-state index in [1.165, 1.54) is 5.56 Å². The number of benzene rings is 1. The Morgan fingerprint density at radius 2 is 1.72 bits per heavy atom. The van der Waals surface area contributed by atoms with Gasteiger partial charge in [0.25, 0.3) is 0 Å². The van der Waals surface area contributed by atoms with E-state index in [9.17, 15) is 0 Å². The van der Waals surface area contributed by atoms with Crippen LogP contribution in [0.3, 0.4) is 0 Å². The number of hydrogen-bond donors (Lipinski definition) is 0. The van der Waals surface area contributed by atoms with Gasteiger partial charge in [0.2, 0.25) is 0 Å². The van der Waals surface area contributed by atoms with Crippen LogP contribution in [0.15, 0.2) is 24.3 Å². The molecule has 0 fully saturated rings. The van der Waals surface area contributed by atoms with Crippen molar-refractivity contribution in [2.75, 3.05) is 13.7 Å². The molecule has 0 unspecified atom stereocenters. The summed E-state index contributed by atoms with van der Waals surface area (Å²) in [5.74, 6) is 0.939. The lowest BCUT2D eigenvalue weighted by molar-refractivity contribution is 0.00544. The minimum Gasteiger partial charge on any atom is -0.493 e. The number of ether oxygens (including phenoxy) is 2. The van der Waals surface area contributed by atoms with Crippen LogP contribution >= 0.6 is 0 Å². The molecule has 2 nitrogen and oxygen atoms in total. The summed E-state index contributed by atoms with van der Waals surface area (Å²) in [6.07, 6.45) is 0.878. The standard InChI is InChI=1S/C16H26O2/c1-15(2,3)13-8-7-9-14(12-13)18-11-10-16(4,5)17-6/h7-9,12H,10-11H2,1-6H3. The highest BCUT2D eigenvalue weighted by Gasteiger charge is 2.17. The zero-order valence-corrected chi connectivity index (χ0v) is 12.5. The summed E-state index contributed by atoms with van der Waals surface area (Å²) in [6.45, 7) is 11.4. The molecule has 0 aliphatic carbocycles. The summed E-state index contributed by atoms with van der Waals surface area (Å²) in [7, 11) is 1.74. The van der Waals surface area contributed by atoms with E-state index >= 15 is 0 Å². The van der Waals surface area contributed by atoms with Crippen LogP contribution in [0, 0.1) is 0 Å². The minimum absolute atomic E-state index is 0.123. The van der Waals surface area contributed by atoms with Gasteiger partial charge >= 0.3 is 0 Å². The molecule has 0 aromatic heterocycles. The molecule has 2 heteroatoms. The summed E-state index contributed by atoms with van der Waals surface area (Å²) in [5, 5.41) is 0. The Labute approximate surface area is 111 Å². The van der Waals surface area contributed by atoms with Gasteiger partial charge in [0, 0.05) is 13.5 Å². The highest BCUT2D eigenvalue weighted by Crippen LogP contribution is 2.26. The highest BCUT2D eigenvalue weighted by molar-refractivity contribution is 5.32. The van der Waals surface area contributed by atoms with Crippen LogP contribution in [0.25, 0.3) is 0 Å². The molecule has 0 bridgehead atoms. The molecular weight excluding hydrogens is 224 g/mol. The molecule has 1 rings (SSSR count). The molecule has 1 aromatic rings. The van der Waals surface area contributed by atoms with Crippen LogP contribution in [0.2, 0.25) is 0 Å². The first-order valence-electron chi connectivity index (χ1n) is 6.53. The van der Waals surface area contributed by atoms with Crippen LogP contribution in [-0.2, 0) is 10.2 Å². The van der Waals surface area contributed by atoms with E-state index in [1.807, 2.05) is 6.07 Å². The van der Waals surface area contributed by atoms with Crippen LogP contribution in [-0.4, -0.2) is 19.3 Å². The second-order valence-electron chi connectivity index (χ2n) is 6.34. The van der Waals surface area contributed by atoms with Crippen molar-refractivity contribution >= 4 is 0 Å². The van der Waals surface area contributed by atoms with E-state index in [1.54, 1.807) is 7.11 Å². The van der Waals surface area contributed by atoms with Crippen LogP contribution in [0.5, 0.6) is 5.75 Å². The third-order valence-electron chi connectivity index (χ3n) is 3.23. The zero-order chi connectivity index (χ0) is 13.8. The van der Waals surface area contributed by atoms with Gasteiger partial charge in [-0.25, -0.2) is 0 Å². The fourth-order valence-corrected chi connectivity index (χ4v) is 1.57. The van der Waals surface area contributed by atoms with Crippen molar-refractivity contribution in [3.05, 3.63) is 29.8 Å². The van der Waals surface area contributed by atoms with Crippen LogP contribution < -0.4 is 4.74 Å². The minimum atomic E-state index is -0.123. The van der Waals surface area contributed by atoms with Gasteiger partial charge in [-0.15, -0.1) is 0 Å². The Bertz CT molecular complexity index is 375. The number of rotatable bonds is 5. The molecule has 0 amide bonds. The smallest absolute Gasteiger partial charge is 0.119 e. The molecular formula is C16H26O2. The van der Waals surface area contributed by atoms with Crippen molar-refractivity contribution in [2.24, 2.45) is 0 Å². The molecule has 0 atom stereocenters. The maximum atomic E-state index is 5.80. The largest absolute Gasteiger partial charge is 0.493 e. The van der Waals surface area contributed by atoms with Crippen LogP contribution in [0.1, 0.15) is 46.6 Å². The monoisotopic (exact) mass is 250 g/mol. The lowest BCUT2D eigenvalue weighted by atomic mass is 9.87. The molecule has 102 valence electrons. The Morgan fingerprint density at radius 1 is 1.06 bits per heavy atom. The topological polar surface area (TPSA) is 18.5 Å². The molecule has 0 saturated heterocycles. The van der Waals surface area contributed by atoms with Crippen LogP contribution in [0.4, 0.5) is 0 Å². The fourth-order valence-electron chi connectivity index (χ4n) is 1.57. The van der Waals surface area contributed by atoms with Crippen molar-refractivity contribution in [3.8, 4) is 5.75 Å². The van der Waals surface area contributed by atoms with Gasteiger partial charge in [-0.2, -0.15) is 0 Å². The van der Waals surface area contributed by atoms with E-state index in [4.69, 9.17) is 9.47 Å². The quantitative estimate of drug-likeness (QED) is 0.780. The van der Waals surface area contributed by atoms with Crippen molar-refractivity contribution in [2.45, 2.75) is 52.1 Å². The molecule has 0 aliphatic heterocycles. The maximum Gasteiger partial charge on any atom is 0.119 e. The zero-order valence-electron chi connectivity index (χ0n) is 12.5. The summed E-state index contributed by atoms with van der Waals surface area (Å²) in [4.78, 5) is 0. The van der Waals surface area contributed by atoms with E-state index < -0.39 is 0 Å². The molecule has 0 saturated carbocycles. The second kappa shape index (κ2) is 5.75. The maximum absolute atomic E-state index is 5.80. The molecule has 0 heterocycles. The first-order valence-corrected chi connectivity index (χ1v) is 6.53. The SMILES string of the molecule is COC(C)(C)CCOc1cccc(C(C)(C)C)c1. The summed E-state index contributed by atoms with van der Waals surface area (Å²) < 4.78 is 11.2. The average Bonchev–Trinajstić information content (AvgIpc) is 2.28. The van der Waals surface area contributed by atoms with Crippen molar-refractivity contribution in [1.29, 1.82) is 0 Å². The summed E-state index contributed by atoms with van der Waals surface area (Å²) >= 11 is 0. The lowest BCUT2D eigenvalue weighted by Crippen LogP contribution is -2.25. The molecule has 0 aliphatic rings. The molecule has 0 N–H and O–H groups in total. The molecule has 18 heavy (non-hydrogen) atoms. The van der Waals surface area contributed by atoms with Crippen molar-refractivity contribution in [1.82, 2.24) is 0 Å². The number of hydrogen-bond acceptors (Lipinski definition) is 2. The van der Waals surface area contributed by atoms with Gasteiger partial charge in [-0.05, 0) is 37.0 Å². The predicted octanol–water partition coefficient (Wildman–Crippen LogP) is 4.18. The Balaban J connectivity index is 2.59. The third-order valence-corrected chi connectivity index (χ3v) is 3.23. The predicted molar refractivity (Wildman–Crippen MR) is 76.3 cm³/mol. The average molecular weight is 250 g/mol. The Kier molecular flexibility index (Phi) is 4.80. The lowest BCUT2D eigenvalue weighted by Gasteiger charge is -2.23. The Morgan fingerprint density at radius 3 is 2.28 bits per heavy atom. The van der Waals surface area contributed by atoms with Crippen molar-refractivity contribution < 1.29 is 9.47 Å². The van der Waals surface area contributed by atoms with Gasteiger partial charge in [-0.3, -0.25) is 0 Å². The van der Waals surface area contributed by atoms with E-state index in [-0.39, 0.29) is 11.0 Å². The van der Waals surface area contributed by atoms with Crippen molar-refractivity contribution in [3.63, 3.8) is 0 Å². The second-order valence-corrected chi connectivity index (χ2v) is 6.34. The van der Waals surface area contributed by atoms with Gasteiger partial charge in [0.15, 0.2) is 0 Å². The number of methoxy groups -OCH3 is 1. The molecule has 0 spiro atoms. The summed E-state index contributed by atoms with van der Waals surface area (Å²) in [5.41, 5.74) is 1.33. The normalized spacial score (nSPS) is 12.6. The van der Waals surface area contributed by atoms with E-state index in [0.29, 0.717) is 6.61 Å². The molecule has 1 aromatic carbocycles. The van der Waals surface area contributed by atoms with Gasteiger partial charge in [0.1, 0.15) is 5.75 Å². The highest BCUT2D eigenvalue weighted by atomic mass is 16.5. The Hall–Kier alpha value is -1.02. The third kappa shape index (κ3) is 4.69. The first-order chi connectivity index (χ1) is 8.24. The van der Waals surface area contributed by atoms with Gasteiger partial charge in [-0.1, -0.05) is 32.9 Å². The van der Waals surface area contributed by atoms with E-state index in [0.717, 1.165) is 12.2 Å². The van der Waals surface area contributed by atoms with E-state index in [2.05, 4.69) is 52.8 Å². The first kappa shape index (κ1) is 15.0. The fraction of sp³-hybridized carbons (Fsp3) is 0.625. The molecule has 0 radical (unpaired) electrons.